The first-order chi connectivity index (χ1) is 14.4. The van der Waals surface area contributed by atoms with E-state index in [9.17, 15) is 4.79 Å². The molecule has 2 aromatic heterocycles. The fourth-order valence-corrected chi connectivity index (χ4v) is 4.21. The number of fused-ring (bicyclic) bond motifs is 2. The largest absolute Gasteiger partial charge is 0.465 e. The fraction of sp³-hybridized carbons (Fsp3) is 0.348. The monoisotopic (exact) mass is 422 g/mol. The molecule has 2 aromatic carbocycles. The van der Waals surface area contributed by atoms with Crippen LogP contribution in [0.2, 0.25) is 0 Å². The van der Waals surface area contributed by atoms with Crippen LogP contribution in [-0.2, 0) is 11.3 Å². The first kappa shape index (κ1) is 20.3. The maximum absolute atomic E-state index is 11.9. The van der Waals surface area contributed by atoms with Crippen LogP contribution in [0.5, 0.6) is 0 Å². The van der Waals surface area contributed by atoms with Gasteiger partial charge in [-0.05, 0) is 68.9 Å². The average Bonchev–Trinajstić information content (AvgIpc) is 3.27. The number of rotatable bonds is 6. The molecule has 4 aromatic rings. The molecule has 4 rings (SSSR count). The number of hydrogen-bond donors (Lipinski definition) is 1. The van der Waals surface area contributed by atoms with Crippen molar-refractivity contribution >= 4 is 40.3 Å². The number of carbonyl (C=O) groups excluding carboxylic acids is 1. The molecule has 0 atom stereocenters. The van der Waals surface area contributed by atoms with E-state index in [2.05, 4.69) is 53.1 Å². The fourth-order valence-electron chi connectivity index (χ4n) is 3.91. The first-order valence-corrected chi connectivity index (χ1v) is 10.7. The zero-order valence-electron chi connectivity index (χ0n) is 17.7. The van der Waals surface area contributed by atoms with Crippen LogP contribution < -0.4 is 0 Å². The highest BCUT2D eigenvalue weighted by Gasteiger charge is 2.18. The molecule has 0 radical (unpaired) electrons. The molecule has 0 unspecified atom stereocenters. The van der Waals surface area contributed by atoms with Gasteiger partial charge in [-0.1, -0.05) is 13.3 Å². The molecule has 0 saturated carbocycles. The molecule has 0 aliphatic heterocycles. The lowest BCUT2D eigenvalue weighted by Gasteiger charge is -2.13. The summed E-state index contributed by atoms with van der Waals surface area (Å²) >= 11 is 5.54. The number of aryl methyl sites for hydroxylation is 1. The van der Waals surface area contributed by atoms with Crippen molar-refractivity contribution in [2.24, 2.45) is 0 Å². The van der Waals surface area contributed by atoms with Crippen LogP contribution >= 0.6 is 12.2 Å². The highest BCUT2D eigenvalue weighted by molar-refractivity contribution is 7.71. The van der Waals surface area contributed by atoms with Crippen LogP contribution in [0, 0.1) is 4.77 Å². The third-order valence-corrected chi connectivity index (χ3v) is 5.72. The standard InChI is InChI=1S/C23H26N4O2S/c1-5-6-11-26-19-9-7-15(12-17(19)25-23(26)30)21-24-18-13-16(22(28)29-4)8-10-20(18)27(21)14(2)3/h7-10,12-14H,5-6,11H2,1-4H3,(H,25,30). The Labute approximate surface area is 180 Å². The molecule has 0 spiro atoms. The first-order valence-electron chi connectivity index (χ1n) is 10.3. The lowest BCUT2D eigenvalue weighted by atomic mass is 10.1. The molecule has 1 N–H and O–H groups in total. The summed E-state index contributed by atoms with van der Waals surface area (Å²) < 4.78 is 9.95. The third-order valence-electron chi connectivity index (χ3n) is 5.39. The highest BCUT2D eigenvalue weighted by Crippen LogP contribution is 2.31. The Morgan fingerprint density at radius 2 is 1.97 bits per heavy atom. The molecule has 0 fully saturated rings. The summed E-state index contributed by atoms with van der Waals surface area (Å²) in [5, 5.41) is 0. The van der Waals surface area contributed by atoms with Gasteiger partial charge in [0, 0.05) is 18.2 Å². The van der Waals surface area contributed by atoms with Gasteiger partial charge >= 0.3 is 5.97 Å². The second-order valence-electron chi connectivity index (χ2n) is 7.76. The lowest BCUT2D eigenvalue weighted by Crippen LogP contribution is -2.04. The van der Waals surface area contributed by atoms with Gasteiger partial charge in [-0.25, -0.2) is 9.78 Å². The average molecular weight is 423 g/mol. The van der Waals surface area contributed by atoms with E-state index in [0.717, 1.165) is 57.6 Å². The number of carbonyl (C=O) groups is 1. The minimum Gasteiger partial charge on any atom is -0.465 e. The van der Waals surface area contributed by atoms with Crippen molar-refractivity contribution in [1.82, 2.24) is 19.1 Å². The molecular formula is C23H26N4O2S. The molecule has 0 amide bonds. The number of ether oxygens (including phenoxy) is 1. The van der Waals surface area contributed by atoms with Gasteiger partial charge in [0.25, 0.3) is 0 Å². The van der Waals surface area contributed by atoms with Gasteiger partial charge in [0.2, 0.25) is 0 Å². The quantitative estimate of drug-likeness (QED) is 0.311. The Kier molecular flexibility index (Phi) is 5.47. The topological polar surface area (TPSA) is 64.8 Å². The van der Waals surface area contributed by atoms with E-state index in [4.69, 9.17) is 21.9 Å². The van der Waals surface area contributed by atoms with Crippen molar-refractivity contribution in [3.8, 4) is 11.4 Å². The van der Waals surface area contributed by atoms with Gasteiger partial charge in [0.15, 0.2) is 4.77 Å². The molecule has 0 saturated heterocycles. The highest BCUT2D eigenvalue weighted by atomic mass is 32.1. The molecule has 0 bridgehead atoms. The summed E-state index contributed by atoms with van der Waals surface area (Å²) in [5.74, 6) is 0.504. The van der Waals surface area contributed by atoms with Crippen molar-refractivity contribution in [1.29, 1.82) is 0 Å². The minimum atomic E-state index is -0.361. The summed E-state index contributed by atoms with van der Waals surface area (Å²) in [5.41, 5.74) is 5.38. The van der Waals surface area contributed by atoms with E-state index in [-0.39, 0.29) is 12.0 Å². The van der Waals surface area contributed by atoms with Crippen LogP contribution in [0.15, 0.2) is 36.4 Å². The van der Waals surface area contributed by atoms with Crippen LogP contribution in [0.4, 0.5) is 0 Å². The van der Waals surface area contributed by atoms with E-state index in [0.29, 0.717) is 5.56 Å². The van der Waals surface area contributed by atoms with Gasteiger partial charge in [-0.2, -0.15) is 0 Å². The van der Waals surface area contributed by atoms with Crippen LogP contribution in [0.3, 0.4) is 0 Å². The molecular weight excluding hydrogens is 396 g/mol. The Hall–Kier alpha value is -2.93. The second-order valence-corrected chi connectivity index (χ2v) is 8.15. The summed E-state index contributed by atoms with van der Waals surface area (Å²) in [6.45, 7) is 7.35. The molecule has 7 heteroatoms. The maximum atomic E-state index is 11.9. The maximum Gasteiger partial charge on any atom is 0.337 e. The zero-order valence-corrected chi connectivity index (χ0v) is 18.5. The smallest absolute Gasteiger partial charge is 0.337 e. The van der Waals surface area contributed by atoms with E-state index >= 15 is 0 Å². The molecule has 156 valence electrons. The summed E-state index contributed by atoms with van der Waals surface area (Å²) in [7, 11) is 1.39. The van der Waals surface area contributed by atoms with Gasteiger partial charge in [-0.15, -0.1) is 0 Å². The SMILES string of the molecule is CCCCn1c(=S)[nH]c2cc(-c3nc4cc(C(=O)OC)ccc4n3C(C)C)ccc21. The van der Waals surface area contributed by atoms with E-state index in [1.165, 1.54) is 7.11 Å². The number of benzene rings is 2. The van der Waals surface area contributed by atoms with E-state index in [1.54, 1.807) is 12.1 Å². The Bertz CT molecular complexity index is 1300. The molecule has 2 heterocycles. The van der Waals surface area contributed by atoms with Crippen molar-refractivity contribution in [3.05, 3.63) is 46.7 Å². The van der Waals surface area contributed by atoms with Gasteiger partial charge in [0.1, 0.15) is 5.82 Å². The van der Waals surface area contributed by atoms with Gasteiger partial charge in [-0.3, -0.25) is 0 Å². The number of nitrogens with one attached hydrogen (secondary N) is 1. The summed E-state index contributed by atoms with van der Waals surface area (Å²) in [4.78, 5) is 20.2. The number of nitrogens with zero attached hydrogens (tertiary/aromatic N) is 3. The normalized spacial score (nSPS) is 11.6. The number of H-pyrrole nitrogens is 1. The number of esters is 1. The number of unbranched alkanes of at least 4 members (excludes halogenated alkanes) is 1. The molecule has 0 aliphatic carbocycles. The van der Waals surface area contributed by atoms with Crippen molar-refractivity contribution < 1.29 is 9.53 Å². The third kappa shape index (κ3) is 3.43. The summed E-state index contributed by atoms with van der Waals surface area (Å²) in [6.07, 6.45) is 2.22. The number of hydrogen-bond acceptors (Lipinski definition) is 4. The summed E-state index contributed by atoms with van der Waals surface area (Å²) in [6, 6.07) is 12.0. The zero-order chi connectivity index (χ0) is 21.4. The van der Waals surface area contributed by atoms with Crippen LogP contribution in [0.1, 0.15) is 50.0 Å². The van der Waals surface area contributed by atoms with Gasteiger partial charge < -0.3 is 18.9 Å². The Morgan fingerprint density at radius 1 is 1.20 bits per heavy atom. The second kappa shape index (κ2) is 8.07. The number of methoxy groups -OCH3 is 1. The van der Waals surface area contributed by atoms with Crippen LogP contribution in [-0.4, -0.2) is 32.2 Å². The van der Waals surface area contributed by atoms with Gasteiger partial charge in [0.05, 0.1) is 34.7 Å². The molecule has 30 heavy (non-hydrogen) atoms. The molecule has 0 aliphatic rings. The number of aromatic amines is 1. The predicted octanol–water partition coefficient (Wildman–Crippen LogP) is 5.88. The number of aromatic nitrogens is 4. The minimum absolute atomic E-state index is 0.206. The van der Waals surface area contributed by atoms with Crippen LogP contribution in [0.25, 0.3) is 33.5 Å². The Morgan fingerprint density at radius 3 is 2.67 bits per heavy atom. The molecule has 6 nitrogen and oxygen atoms in total. The van der Waals surface area contributed by atoms with Crippen molar-refractivity contribution in [2.45, 2.75) is 46.2 Å². The van der Waals surface area contributed by atoms with Crippen molar-refractivity contribution in [3.63, 3.8) is 0 Å². The predicted molar refractivity (Wildman–Crippen MR) is 122 cm³/mol. The lowest BCUT2D eigenvalue weighted by molar-refractivity contribution is 0.0601. The van der Waals surface area contributed by atoms with Crippen molar-refractivity contribution in [2.75, 3.05) is 7.11 Å². The van der Waals surface area contributed by atoms with E-state index < -0.39 is 0 Å². The Balaban J connectivity index is 1.87. The number of imidazole rings is 2. The van der Waals surface area contributed by atoms with E-state index in [1.807, 2.05) is 6.07 Å².